The Balaban J connectivity index is 2.03. The molecule has 1 amide bonds. The van der Waals surface area contributed by atoms with Crippen molar-refractivity contribution in [1.82, 2.24) is 10.2 Å². The molecule has 0 aliphatic rings. The second-order valence-electron chi connectivity index (χ2n) is 6.18. The van der Waals surface area contributed by atoms with Crippen LogP contribution in [0.25, 0.3) is 0 Å². The average molecular weight is 362 g/mol. The van der Waals surface area contributed by atoms with E-state index in [1.54, 1.807) is 37.3 Å². The topological polar surface area (TPSA) is 52.6 Å². The average Bonchev–Trinajstić information content (AvgIpc) is 2.67. The molecule has 2 aromatic rings. The van der Waals surface area contributed by atoms with Crippen LogP contribution in [0, 0.1) is 0 Å². The zero-order chi connectivity index (χ0) is 19.0. The van der Waals surface area contributed by atoms with Crippen LogP contribution < -0.4 is 5.32 Å². The van der Waals surface area contributed by atoms with E-state index in [2.05, 4.69) is 5.32 Å². The van der Waals surface area contributed by atoms with E-state index in [0.29, 0.717) is 12.1 Å². The number of benzene rings is 2. The predicted molar refractivity (Wildman–Crippen MR) is 97.1 cm³/mol. The number of hydrogen-bond donors (Lipinski definition) is 2. The minimum absolute atomic E-state index is 0.224. The van der Waals surface area contributed by atoms with Gasteiger partial charge in [-0.25, -0.2) is 8.78 Å². The first-order valence-electron chi connectivity index (χ1n) is 8.56. The van der Waals surface area contributed by atoms with Crippen molar-refractivity contribution in [1.29, 1.82) is 0 Å². The van der Waals surface area contributed by atoms with Crippen molar-refractivity contribution in [3.05, 3.63) is 71.8 Å². The summed E-state index contributed by atoms with van der Waals surface area (Å²) in [5.41, 5.74) is -0.991. The van der Waals surface area contributed by atoms with Gasteiger partial charge in [0, 0.05) is 25.2 Å². The van der Waals surface area contributed by atoms with E-state index in [1.165, 1.54) is 4.90 Å². The Morgan fingerprint density at radius 3 is 2.23 bits per heavy atom. The summed E-state index contributed by atoms with van der Waals surface area (Å²) < 4.78 is 27.1. The van der Waals surface area contributed by atoms with Crippen molar-refractivity contribution in [3.8, 4) is 0 Å². The zero-order valence-corrected chi connectivity index (χ0v) is 14.7. The van der Waals surface area contributed by atoms with Crippen molar-refractivity contribution in [3.63, 3.8) is 0 Å². The van der Waals surface area contributed by atoms with Crippen LogP contribution >= 0.6 is 0 Å². The monoisotopic (exact) mass is 362 g/mol. The van der Waals surface area contributed by atoms with Gasteiger partial charge in [-0.05, 0) is 24.6 Å². The Bertz CT molecular complexity index is 683. The summed E-state index contributed by atoms with van der Waals surface area (Å²) in [7, 11) is 0. The molecule has 2 N–H and O–H groups in total. The lowest BCUT2D eigenvalue weighted by Crippen LogP contribution is -2.55. The van der Waals surface area contributed by atoms with Crippen molar-refractivity contribution >= 4 is 5.91 Å². The predicted octanol–water partition coefficient (Wildman–Crippen LogP) is 2.93. The highest BCUT2D eigenvalue weighted by Gasteiger charge is 2.40. The van der Waals surface area contributed by atoms with E-state index in [4.69, 9.17) is 0 Å². The van der Waals surface area contributed by atoms with Crippen LogP contribution in [-0.4, -0.2) is 47.6 Å². The number of hydrogen-bond acceptors (Lipinski definition) is 3. The van der Waals surface area contributed by atoms with Gasteiger partial charge in [0.05, 0.1) is 6.54 Å². The summed E-state index contributed by atoms with van der Waals surface area (Å²) in [6, 6.07) is 17.8. The Kier molecular flexibility index (Phi) is 7.24. The van der Waals surface area contributed by atoms with Gasteiger partial charge in [0.1, 0.15) is 0 Å². The van der Waals surface area contributed by atoms with Gasteiger partial charge < -0.3 is 15.3 Å². The van der Waals surface area contributed by atoms with Gasteiger partial charge >= 0.3 is 0 Å². The molecule has 26 heavy (non-hydrogen) atoms. The third-order valence-corrected chi connectivity index (χ3v) is 4.16. The third kappa shape index (κ3) is 5.34. The quantitative estimate of drug-likeness (QED) is 0.721. The van der Waals surface area contributed by atoms with Crippen molar-refractivity contribution in [2.75, 3.05) is 19.6 Å². The molecule has 2 rings (SSSR count). The van der Waals surface area contributed by atoms with Gasteiger partial charge in [-0.15, -0.1) is 0 Å². The number of carbonyl (C=O) groups is 1. The molecule has 0 aromatic heterocycles. The summed E-state index contributed by atoms with van der Waals surface area (Å²) in [6.07, 6.45) is -2.98. The fraction of sp³-hybridized carbons (Fsp3) is 0.350. The van der Waals surface area contributed by atoms with Crippen LogP contribution in [0.5, 0.6) is 0 Å². The number of amides is 1. The molecule has 0 aliphatic heterocycles. The maximum atomic E-state index is 13.5. The zero-order valence-electron chi connectivity index (χ0n) is 14.7. The van der Waals surface area contributed by atoms with E-state index in [1.807, 2.05) is 30.3 Å². The number of nitrogens with one attached hydrogen (secondary N) is 1. The summed E-state index contributed by atoms with van der Waals surface area (Å²) in [6.45, 7) is 1.51. The van der Waals surface area contributed by atoms with Crippen molar-refractivity contribution in [2.24, 2.45) is 0 Å². The molecule has 0 saturated carbocycles. The Morgan fingerprint density at radius 2 is 1.69 bits per heavy atom. The first-order valence-corrected chi connectivity index (χ1v) is 8.56. The smallest absolute Gasteiger partial charge is 0.269 e. The Labute approximate surface area is 152 Å². The molecule has 0 radical (unpaired) electrons. The molecule has 6 heteroatoms. The van der Waals surface area contributed by atoms with Crippen LogP contribution in [0.1, 0.15) is 22.8 Å². The number of nitrogens with zero attached hydrogens (tertiary/aromatic N) is 1. The third-order valence-electron chi connectivity index (χ3n) is 4.16. The van der Waals surface area contributed by atoms with E-state index in [-0.39, 0.29) is 19.0 Å². The molecular formula is C20H24F2N2O2. The number of likely N-dealkylation sites (N-methyl/N-ethyl adjacent to an activating group) is 1. The summed E-state index contributed by atoms with van der Waals surface area (Å²) in [5.74, 6) is -0.379. The lowest BCUT2D eigenvalue weighted by molar-refractivity contribution is -0.105. The highest BCUT2D eigenvalue weighted by Crippen LogP contribution is 2.19. The first-order chi connectivity index (χ1) is 12.5. The van der Waals surface area contributed by atoms with Crippen LogP contribution in [0.15, 0.2) is 60.7 Å². The minimum atomic E-state index is -2.98. The molecule has 0 heterocycles. The van der Waals surface area contributed by atoms with Crippen molar-refractivity contribution < 1.29 is 18.7 Å². The normalized spacial score (nSPS) is 13.4. The summed E-state index contributed by atoms with van der Waals surface area (Å²) in [5, 5.41) is 13.3. The molecule has 0 fully saturated rings. The van der Waals surface area contributed by atoms with Crippen molar-refractivity contribution in [2.45, 2.75) is 25.5 Å². The number of aliphatic hydroxyl groups is 1. The molecule has 1 unspecified atom stereocenters. The fourth-order valence-electron chi connectivity index (χ4n) is 2.64. The molecule has 0 aliphatic carbocycles. The van der Waals surface area contributed by atoms with Gasteiger partial charge in [0.2, 0.25) is 0 Å². The molecule has 0 bridgehead atoms. The molecule has 2 aromatic carbocycles. The molecule has 0 saturated heterocycles. The fourth-order valence-corrected chi connectivity index (χ4v) is 2.64. The molecule has 140 valence electrons. The molecule has 0 spiro atoms. The lowest BCUT2D eigenvalue weighted by atomic mass is 10.0. The maximum absolute atomic E-state index is 13.5. The van der Waals surface area contributed by atoms with Gasteiger partial charge in [0.25, 0.3) is 12.3 Å². The number of halogens is 2. The lowest BCUT2D eigenvalue weighted by Gasteiger charge is -2.33. The minimum Gasteiger partial charge on any atom is -0.381 e. The van der Waals surface area contributed by atoms with E-state index in [0.717, 1.165) is 5.56 Å². The Morgan fingerprint density at radius 1 is 1.12 bits per heavy atom. The van der Waals surface area contributed by atoms with Crippen LogP contribution in [0.4, 0.5) is 8.78 Å². The highest BCUT2D eigenvalue weighted by atomic mass is 19.3. The number of rotatable bonds is 9. The Hall–Kier alpha value is -2.31. The number of carbonyl (C=O) groups excluding carboxylic acids is 1. The van der Waals surface area contributed by atoms with Gasteiger partial charge in [-0.3, -0.25) is 4.79 Å². The van der Waals surface area contributed by atoms with Gasteiger partial charge in [0.15, 0.2) is 5.60 Å². The van der Waals surface area contributed by atoms with E-state index < -0.39 is 18.6 Å². The second kappa shape index (κ2) is 9.40. The molecule has 1 atom stereocenters. The van der Waals surface area contributed by atoms with Crippen LogP contribution in [0.2, 0.25) is 0 Å². The number of alkyl halides is 2. The second-order valence-corrected chi connectivity index (χ2v) is 6.18. The van der Waals surface area contributed by atoms with E-state index in [9.17, 15) is 18.7 Å². The summed E-state index contributed by atoms with van der Waals surface area (Å²) >= 11 is 0. The van der Waals surface area contributed by atoms with Gasteiger partial charge in [-0.1, -0.05) is 48.5 Å². The SMILES string of the molecule is CCN(CC(O)(CNCc1ccccc1)C(F)F)C(=O)c1ccccc1. The van der Waals surface area contributed by atoms with Crippen LogP contribution in [-0.2, 0) is 6.54 Å². The maximum Gasteiger partial charge on any atom is 0.269 e. The molecular weight excluding hydrogens is 338 g/mol. The van der Waals surface area contributed by atoms with Gasteiger partial charge in [-0.2, -0.15) is 0 Å². The first kappa shape index (κ1) is 20.0. The largest absolute Gasteiger partial charge is 0.381 e. The standard InChI is InChI=1S/C20H24F2N2O2/c1-2-24(18(25)17-11-7-4-8-12-17)15-20(26,19(21)22)14-23-13-16-9-5-3-6-10-16/h3-12,19,23,26H,2,13-15H2,1H3. The van der Waals surface area contributed by atoms with E-state index >= 15 is 0 Å². The summed E-state index contributed by atoms with van der Waals surface area (Å²) in [4.78, 5) is 13.8. The molecule has 4 nitrogen and oxygen atoms in total. The van der Waals surface area contributed by atoms with Crippen LogP contribution in [0.3, 0.4) is 0 Å². The highest BCUT2D eigenvalue weighted by molar-refractivity contribution is 5.94.